The third-order valence-corrected chi connectivity index (χ3v) is 5.72. The molecule has 2 aliphatic heterocycles. The summed E-state index contributed by atoms with van der Waals surface area (Å²) >= 11 is 6.24. The van der Waals surface area contributed by atoms with Crippen LogP contribution in [-0.4, -0.2) is 42.9 Å². The maximum atomic E-state index is 13.4. The number of amides is 1. The number of rotatable bonds is 2. The number of allylic oxidation sites excluding steroid dienone is 3. The molecule has 0 aromatic heterocycles. The smallest absolute Gasteiger partial charge is 0.252 e. The first-order valence-electron chi connectivity index (χ1n) is 9.43. The van der Waals surface area contributed by atoms with Gasteiger partial charge in [-0.1, -0.05) is 23.7 Å². The van der Waals surface area contributed by atoms with Crippen molar-refractivity contribution in [2.45, 2.75) is 32.1 Å². The zero-order valence-corrected chi connectivity index (χ0v) is 16.1. The Bertz CT molecular complexity index is 853. The molecule has 2 heterocycles. The highest BCUT2D eigenvalue weighted by Gasteiger charge is 2.39. The van der Waals surface area contributed by atoms with Crippen LogP contribution in [0, 0.1) is 0 Å². The number of hydrogen-bond donors (Lipinski definition) is 1. The molecule has 1 atom stereocenters. The van der Waals surface area contributed by atoms with E-state index in [1.54, 1.807) is 0 Å². The molecule has 1 aromatic rings. The molecule has 1 fully saturated rings. The molecule has 6 heteroatoms. The zero-order valence-electron chi connectivity index (χ0n) is 15.4. The standard InChI is InChI=1S/C21H23ClN2O3/c1-13-18(21(26)24-8-10-27-11-9-24)19(14-4-2-5-15(22)12-14)20-16(23-13)6-3-7-17(20)25/h2,4-5,12,19,23H,3,6-11H2,1H3/t19-/m0/s1. The van der Waals surface area contributed by atoms with Crippen molar-refractivity contribution in [1.29, 1.82) is 0 Å². The van der Waals surface area contributed by atoms with Crippen molar-refractivity contribution >= 4 is 23.3 Å². The van der Waals surface area contributed by atoms with Gasteiger partial charge in [0, 0.05) is 53.0 Å². The number of benzene rings is 1. The summed E-state index contributed by atoms with van der Waals surface area (Å²) < 4.78 is 5.39. The average molecular weight is 387 g/mol. The van der Waals surface area contributed by atoms with E-state index in [-0.39, 0.29) is 17.6 Å². The van der Waals surface area contributed by atoms with E-state index in [0.717, 1.165) is 35.4 Å². The maximum absolute atomic E-state index is 13.4. The first-order chi connectivity index (χ1) is 13.1. The summed E-state index contributed by atoms with van der Waals surface area (Å²) in [6.07, 6.45) is 2.19. The Morgan fingerprint density at radius 2 is 2.04 bits per heavy atom. The van der Waals surface area contributed by atoms with Crippen LogP contribution in [0.4, 0.5) is 0 Å². The summed E-state index contributed by atoms with van der Waals surface area (Å²) in [5, 5.41) is 3.96. The van der Waals surface area contributed by atoms with E-state index < -0.39 is 0 Å². The highest BCUT2D eigenvalue weighted by molar-refractivity contribution is 6.30. The Morgan fingerprint density at radius 1 is 1.26 bits per heavy atom. The van der Waals surface area contributed by atoms with Gasteiger partial charge in [0.1, 0.15) is 0 Å². The van der Waals surface area contributed by atoms with Crippen molar-refractivity contribution in [1.82, 2.24) is 10.2 Å². The highest BCUT2D eigenvalue weighted by atomic mass is 35.5. The molecule has 0 bridgehead atoms. The molecule has 0 spiro atoms. The summed E-state index contributed by atoms with van der Waals surface area (Å²) in [5.41, 5.74) is 4.04. The van der Waals surface area contributed by atoms with E-state index in [1.165, 1.54) is 0 Å². The molecule has 1 N–H and O–H groups in total. The number of halogens is 1. The van der Waals surface area contributed by atoms with Gasteiger partial charge in [0.25, 0.3) is 5.91 Å². The summed E-state index contributed by atoms with van der Waals surface area (Å²) in [4.78, 5) is 28.1. The zero-order chi connectivity index (χ0) is 19.0. The summed E-state index contributed by atoms with van der Waals surface area (Å²) in [7, 11) is 0. The molecule has 0 radical (unpaired) electrons. The van der Waals surface area contributed by atoms with Gasteiger partial charge in [-0.15, -0.1) is 0 Å². The molecule has 4 rings (SSSR count). The minimum atomic E-state index is -0.372. The molecule has 1 aliphatic carbocycles. The van der Waals surface area contributed by atoms with E-state index in [1.807, 2.05) is 36.1 Å². The van der Waals surface area contributed by atoms with Crippen LogP contribution in [0.15, 0.2) is 46.8 Å². The number of ether oxygens (including phenoxy) is 1. The Labute approximate surface area is 164 Å². The van der Waals surface area contributed by atoms with Crippen LogP contribution in [0.1, 0.15) is 37.7 Å². The molecule has 1 saturated heterocycles. The van der Waals surface area contributed by atoms with Crippen molar-refractivity contribution < 1.29 is 14.3 Å². The number of Topliss-reactive ketones (excluding diaryl/α,β-unsaturated/α-hetero) is 1. The van der Waals surface area contributed by atoms with Crippen LogP contribution in [0.25, 0.3) is 0 Å². The van der Waals surface area contributed by atoms with Gasteiger partial charge in [-0.05, 0) is 37.5 Å². The molecule has 142 valence electrons. The van der Waals surface area contributed by atoms with Crippen molar-refractivity contribution in [2.24, 2.45) is 0 Å². The normalized spacial score (nSPS) is 23.3. The Balaban J connectivity index is 1.82. The largest absolute Gasteiger partial charge is 0.378 e. The third-order valence-electron chi connectivity index (χ3n) is 5.49. The topological polar surface area (TPSA) is 58.6 Å². The molecule has 5 nitrogen and oxygen atoms in total. The number of dihydropyridines is 1. The Kier molecular flexibility index (Phi) is 5.06. The highest BCUT2D eigenvalue weighted by Crippen LogP contribution is 2.43. The van der Waals surface area contributed by atoms with Gasteiger partial charge in [0.05, 0.1) is 13.2 Å². The number of morpholine rings is 1. The van der Waals surface area contributed by atoms with Crippen molar-refractivity contribution in [3.05, 3.63) is 57.4 Å². The third kappa shape index (κ3) is 3.42. The fourth-order valence-corrected chi connectivity index (χ4v) is 4.42. The lowest BCUT2D eigenvalue weighted by molar-refractivity contribution is -0.131. The SMILES string of the molecule is CC1=C(C(=O)N2CCOCC2)[C@H](c2cccc(Cl)c2)C2=C(CCCC2=O)N1. The lowest BCUT2D eigenvalue weighted by Gasteiger charge is -2.37. The molecular formula is C21H23ClN2O3. The van der Waals surface area contributed by atoms with Gasteiger partial charge in [-0.25, -0.2) is 0 Å². The van der Waals surface area contributed by atoms with E-state index in [2.05, 4.69) is 5.32 Å². The summed E-state index contributed by atoms with van der Waals surface area (Å²) in [6, 6.07) is 7.50. The molecule has 3 aliphatic rings. The number of carbonyl (C=O) groups is 2. The lowest BCUT2D eigenvalue weighted by Crippen LogP contribution is -2.44. The number of nitrogens with zero attached hydrogens (tertiary/aromatic N) is 1. The molecule has 0 saturated carbocycles. The van der Waals surface area contributed by atoms with Crippen LogP contribution in [-0.2, 0) is 14.3 Å². The van der Waals surface area contributed by atoms with E-state index in [4.69, 9.17) is 16.3 Å². The summed E-state index contributed by atoms with van der Waals surface area (Å²) in [5.74, 6) is -0.283. The lowest BCUT2D eigenvalue weighted by atomic mass is 9.75. The minimum absolute atomic E-state index is 0.0294. The molecule has 0 unspecified atom stereocenters. The van der Waals surface area contributed by atoms with E-state index in [9.17, 15) is 9.59 Å². The fraction of sp³-hybridized carbons (Fsp3) is 0.429. The Hall–Kier alpha value is -2.11. The summed E-state index contributed by atoms with van der Waals surface area (Å²) in [6.45, 7) is 4.14. The van der Waals surface area contributed by atoms with Crippen LogP contribution >= 0.6 is 11.6 Å². The van der Waals surface area contributed by atoms with Crippen molar-refractivity contribution in [2.75, 3.05) is 26.3 Å². The second-order valence-electron chi connectivity index (χ2n) is 7.23. The number of nitrogens with one attached hydrogen (secondary N) is 1. The average Bonchev–Trinajstić information content (AvgIpc) is 2.67. The molecule has 1 amide bonds. The second-order valence-corrected chi connectivity index (χ2v) is 7.66. The number of carbonyl (C=O) groups excluding carboxylic acids is 2. The predicted molar refractivity (Wildman–Crippen MR) is 103 cm³/mol. The minimum Gasteiger partial charge on any atom is -0.378 e. The molecule has 1 aromatic carbocycles. The van der Waals surface area contributed by atoms with Crippen molar-refractivity contribution in [3.63, 3.8) is 0 Å². The van der Waals surface area contributed by atoms with Gasteiger partial charge in [-0.3, -0.25) is 9.59 Å². The number of ketones is 1. The second kappa shape index (κ2) is 7.49. The number of hydrogen-bond acceptors (Lipinski definition) is 4. The van der Waals surface area contributed by atoms with Crippen LogP contribution in [0.2, 0.25) is 5.02 Å². The van der Waals surface area contributed by atoms with Crippen LogP contribution in [0.5, 0.6) is 0 Å². The molecular weight excluding hydrogens is 364 g/mol. The first-order valence-corrected chi connectivity index (χ1v) is 9.80. The van der Waals surface area contributed by atoms with Gasteiger partial charge in [-0.2, -0.15) is 0 Å². The van der Waals surface area contributed by atoms with Gasteiger partial charge >= 0.3 is 0 Å². The van der Waals surface area contributed by atoms with E-state index >= 15 is 0 Å². The van der Waals surface area contributed by atoms with Crippen LogP contribution < -0.4 is 5.32 Å². The first kappa shape index (κ1) is 18.3. The van der Waals surface area contributed by atoms with Crippen molar-refractivity contribution in [3.8, 4) is 0 Å². The van der Waals surface area contributed by atoms with E-state index in [0.29, 0.717) is 43.3 Å². The predicted octanol–water partition coefficient (Wildman–Crippen LogP) is 3.17. The van der Waals surface area contributed by atoms with Gasteiger partial charge in [0.2, 0.25) is 0 Å². The maximum Gasteiger partial charge on any atom is 0.252 e. The fourth-order valence-electron chi connectivity index (χ4n) is 4.22. The van der Waals surface area contributed by atoms with Gasteiger partial charge < -0.3 is 15.0 Å². The van der Waals surface area contributed by atoms with Gasteiger partial charge in [0.15, 0.2) is 5.78 Å². The Morgan fingerprint density at radius 3 is 2.78 bits per heavy atom. The van der Waals surface area contributed by atoms with Crippen LogP contribution in [0.3, 0.4) is 0 Å². The monoisotopic (exact) mass is 386 g/mol. The molecule has 27 heavy (non-hydrogen) atoms. The quantitative estimate of drug-likeness (QED) is 0.848.